The van der Waals surface area contributed by atoms with E-state index in [2.05, 4.69) is 16.4 Å². The van der Waals surface area contributed by atoms with Crippen molar-refractivity contribution in [1.29, 1.82) is 0 Å². The third kappa shape index (κ3) is 3.88. The Morgan fingerprint density at radius 2 is 2.44 bits per heavy atom. The Morgan fingerprint density at radius 1 is 1.56 bits per heavy atom. The molecule has 0 bridgehead atoms. The predicted molar refractivity (Wildman–Crippen MR) is 72.3 cm³/mol. The van der Waals surface area contributed by atoms with Gasteiger partial charge in [-0.3, -0.25) is 4.79 Å². The number of nitrogens with one attached hydrogen (secondary N) is 2. The number of nitrogens with zero attached hydrogens (tertiary/aromatic N) is 1. The summed E-state index contributed by atoms with van der Waals surface area (Å²) in [5, 5.41) is 3.36. The summed E-state index contributed by atoms with van der Waals surface area (Å²) >= 11 is 0. The molecule has 1 amide bonds. The van der Waals surface area contributed by atoms with Crippen LogP contribution >= 0.6 is 0 Å². The number of aromatic nitrogens is 1. The number of hydrogen-bond donors (Lipinski definition) is 2. The summed E-state index contributed by atoms with van der Waals surface area (Å²) in [6, 6.07) is 4.05. The molecule has 2 heterocycles. The molecule has 1 aromatic rings. The predicted octanol–water partition coefficient (Wildman–Crippen LogP) is 1.41. The molecule has 4 nitrogen and oxygen atoms in total. The second-order valence-corrected chi connectivity index (χ2v) is 5.18. The number of carbonyl (C=O) groups excluding carboxylic acids is 1. The molecule has 0 spiro atoms. The van der Waals surface area contributed by atoms with Crippen LogP contribution in [0, 0.1) is 5.92 Å². The second-order valence-electron chi connectivity index (χ2n) is 5.18. The number of hydrogen-bond acceptors (Lipinski definition) is 2. The normalized spacial score (nSPS) is 19.7. The zero-order chi connectivity index (χ0) is 12.8. The third-order valence-corrected chi connectivity index (χ3v) is 3.67. The largest absolute Gasteiger partial charge is 0.365 e. The van der Waals surface area contributed by atoms with Crippen molar-refractivity contribution in [3.63, 3.8) is 0 Å². The lowest BCUT2D eigenvalue weighted by Gasteiger charge is -2.25. The van der Waals surface area contributed by atoms with Crippen LogP contribution in [0.2, 0.25) is 0 Å². The van der Waals surface area contributed by atoms with Crippen LogP contribution in [0.15, 0.2) is 18.3 Å². The van der Waals surface area contributed by atoms with E-state index in [1.807, 2.05) is 24.2 Å². The highest BCUT2D eigenvalue weighted by molar-refractivity contribution is 5.76. The highest BCUT2D eigenvalue weighted by Crippen LogP contribution is 2.15. The van der Waals surface area contributed by atoms with Gasteiger partial charge in [-0.25, -0.2) is 0 Å². The first-order valence-electron chi connectivity index (χ1n) is 6.82. The molecule has 4 heteroatoms. The summed E-state index contributed by atoms with van der Waals surface area (Å²) in [6.45, 7) is 2.89. The van der Waals surface area contributed by atoms with E-state index < -0.39 is 0 Å². The lowest BCUT2D eigenvalue weighted by molar-refractivity contribution is -0.131. The van der Waals surface area contributed by atoms with E-state index in [0.717, 1.165) is 26.1 Å². The maximum atomic E-state index is 12.1. The monoisotopic (exact) mass is 249 g/mol. The van der Waals surface area contributed by atoms with Gasteiger partial charge < -0.3 is 15.2 Å². The smallest absolute Gasteiger partial charge is 0.222 e. The van der Waals surface area contributed by atoms with Crippen LogP contribution in [0.1, 0.15) is 25.0 Å². The number of H-pyrrole nitrogens is 1. The minimum absolute atomic E-state index is 0.273. The van der Waals surface area contributed by atoms with E-state index in [4.69, 9.17) is 0 Å². The molecule has 1 aliphatic heterocycles. The topological polar surface area (TPSA) is 48.1 Å². The molecule has 0 aromatic carbocycles. The van der Waals surface area contributed by atoms with Gasteiger partial charge in [-0.1, -0.05) is 0 Å². The number of carbonyl (C=O) groups is 1. The molecule has 0 aliphatic carbocycles. The summed E-state index contributed by atoms with van der Waals surface area (Å²) in [5.41, 5.74) is 1.19. The Hall–Kier alpha value is -1.29. The summed E-state index contributed by atoms with van der Waals surface area (Å²) in [7, 11) is 1.90. The van der Waals surface area contributed by atoms with Gasteiger partial charge in [0.2, 0.25) is 5.91 Å². The van der Waals surface area contributed by atoms with Crippen LogP contribution in [0.25, 0.3) is 0 Å². The quantitative estimate of drug-likeness (QED) is 0.829. The first kappa shape index (κ1) is 13.1. The van der Waals surface area contributed by atoms with Crippen LogP contribution < -0.4 is 5.32 Å². The van der Waals surface area contributed by atoms with Crippen LogP contribution in [-0.4, -0.2) is 42.5 Å². The van der Waals surface area contributed by atoms with Gasteiger partial charge in [0.15, 0.2) is 0 Å². The number of aromatic amines is 1. The van der Waals surface area contributed by atoms with E-state index in [1.54, 1.807) is 0 Å². The molecule has 1 saturated heterocycles. The van der Waals surface area contributed by atoms with Crippen LogP contribution in [-0.2, 0) is 11.2 Å². The molecule has 1 aromatic heterocycles. The zero-order valence-corrected chi connectivity index (χ0v) is 11.1. The Bertz CT molecular complexity index is 355. The highest BCUT2D eigenvalue weighted by atomic mass is 16.2. The molecule has 0 saturated carbocycles. The maximum absolute atomic E-state index is 12.1. The Kier molecular flexibility index (Phi) is 4.81. The SMILES string of the molecule is CN(CCc1ccc[nH]1)C(=O)CC1CCCNC1. The molecular weight excluding hydrogens is 226 g/mol. The fraction of sp³-hybridized carbons (Fsp3) is 0.643. The number of piperidine rings is 1. The average Bonchev–Trinajstić information content (AvgIpc) is 2.90. The number of likely N-dealkylation sites (N-methyl/N-ethyl adjacent to an activating group) is 1. The Morgan fingerprint density at radius 3 is 3.11 bits per heavy atom. The number of amides is 1. The molecule has 18 heavy (non-hydrogen) atoms. The lowest BCUT2D eigenvalue weighted by atomic mass is 9.95. The molecule has 100 valence electrons. The van der Waals surface area contributed by atoms with E-state index in [1.165, 1.54) is 18.5 Å². The molecule has 1 unspecified atom stereocenters. The highest BCUT2D eigenvalue weighted by Gasteiger charge is 2.18. The first-order chi connectivity index (χ1) is 8.75. The van der Waals surface area contributed by atoms with Crippen molar-refractivity contribution in [2.75, 3.05) is 26.7 Å². The van der Waals surface area contributed by atoms with Crippen molar-refractivity contribution in [3.05, 3.63) is 24.0 Å². The molecule has 2 N–H and O–H groups in total. The first-order valence-corrected chi connectivity index (χ1v) is 6.82. The van der Waals surface area contributed by atoms with Gasteiger partial charge in [-0.05, 0) is 44.0 Å². The summed E-state index contributed by atoms with van der Waals surface area (Å²) in [6.07, 6.45) is 5.89. The van der Waals surface area contributed by atoms with Gasteiger partial charge in [-0.2, -0.15) is 0 Å². The van der Waals surface area contributed by atoms with Gasteiger partial charge >= 0.3 is 0 Å². The fourth-order valence-electron chi connectivity index (χ4n) is 2.44. The molecule has 1 aliphatic rings. The van der Waals surface area contributed by atoms with E-state index in [0.29, 0.717) is 12.3 Å². The van der Waals surface area contributed by atoms with Gasteiger partial charge in [0, 0.05) is 38.3 Å². The van der Waals surface area contributed by atoms with Crippen molar-refractivity contribution >= 4 is 5.91 Å². The summed E-state index contributed by atoms with van der Waals surface area (Å²) < 4.78 is 0. The van der Waals surface area contributed by atoms with Crippen molar-refractivity contribution in [2.45, 2.75) is 25.7 Å². The number of rotatable bonds is 5. The Labute approximate surface area is 109 Å². The van der Waals surface area contributed by atoms with Crippen LogP contribution in [0.3, 0.4) is 0 Å². The van der Waals surface area contributed by atoms with Crippen molar-refractivity contribution in [2.24, 2.45) is 5.92 Å². The van der Waals surface area contributed by atoms with Crippen LogP contribution in [0.5, 0.6) is 0 Å². The minimum atomic E-state index is 0.273. The molecule has 2 rings (SSSR count). The molecular formula is C14H23N3O. The standard InChI is InChI=1S/C14H23N3O/c1-17(9-6-13-5-3-8-16-13)14(18)10-12-4-2-7-15-11-12/h3,5,8,12,15-16H,2,4,6-7,9-11H2,1H3. The zero-order valence-electron chi connectivity index (χ0n) is 11.1. The summed E-state index contributed by atoms with van der Waals surface area (Å²) in [5.74, 6) is 0.800. The van der Waals surface area contributed by atoms with Gasteiger partial charge in [0.25, 0.3) is 0 Å². The van der Waals surface area contributed by atoms with Gasteiger partial charge in [0.1, 0.15) is 0 Å². The maximum Gasteiger partial charge on any atom is 0.222 e. The van der Waals surface area contributed by atoms with Crippen molar-refractivity contribution in [1.82, 2.24) is 15.2 Å². The summed E-state index contributed by atoms with van der Waals surface area (Å²) in [4.78, 5) is 17.1. The van der Waals surface area contributed by atoms with Crippen molar-refractivity contribution < 1.29 is 4.79 Å². The van der Waals surface area contributed by atoms with E-state index in [9.17, 15) is 4.79 Å². The minimum Gasteiger partial charge on any atom is -0.365 e. The fourth-order valence-corrected chi connectivity index (χ4v) is 2.44. The van der Waals surface area contributed by atoms with Crippen molar-refractivity contribution in [3.8, 4) is 0 Å². The van der Waals surface area contributed by atoms with Gasteiger partial charge in [-0.15, -0.1) is 0 Å². The van der Waals surface area contributed by atoms with Gasteiger partial charge in [0.05, 0.1) is 0 Å². The molecule has 0 radical (unpaired) electrons. The van der Waals surface area contributed by atoms with E-state index >= 15 is 0 Å². The van der Waals surface area contributed by atoms with Crippen LogP contribution in [0.4, 0.5) is 0 Å². The third-order valence-electron chi connectivity index (χ3n) is 3.67. The molecule has 1 fully saturated rings. The molecule has 1 atom stereocenters. The lowest BCUT2D eigenvalue weighted by Crippen LogP contribution is -2.35. The average molecular weight is 249 g/mol. The Balaban J connectivity index is 1.70. The second kappa shape index (κ2) is 6.59. The van der Waals surface area contributed by atoms with E-state index in [-0.39, 0.29) is 5.91 Å².